The average Bonchev–Trinajstić information content (AvgIpc) is 2.30. The molecule has 0 bridgehead atoms. The molecule has 0 aliphatic carbocycles. The van der Waals surface area contributed by atoms with Crippen LogP contribution in [0.5, 0.6) is 0 Å². The smallest absolute Gasteiger partial charge is 0.0406 e. The molecular formula is C16H24ClN. The van der Waals surface area contributed by atoms with Gasteiger partial charge in [-0.05, 0) is 23.6 Å². The second-order valence-electron chi connectivity index (χ2n) is 5.40. The molecular weight excluding hydrogens is 242 g/mol. The Bertz CT molecular complexity index is 379. The van der Waals surface area contributed by atoms with Crippen LogP contribution in [0, 0.1) is 5.92 Å². The topological polar surface area (TPSA) is 12.0 Å². The van der Waals surface area contributed by atoms with Crippen molar-refractivity contribution in [3.63, 3.8) is 0 Å². The molecule has 0 radical (unpaired) electrons. The van der Waals surface area contributed by atoms with Gasteiger partial charge in [-0.2, -0.15) is 0 Å². The minimum atomic E-state index is 0.352. The number of nitrogens with one attached hydrogen (secondary N) is 1. The fraction of sp³-hybridized carbons (Fsp3) is 0.500. The van der Waals surface area contributed by atoms with E-state index in [1.807, 2.05) is 12.1 Å². The third kappa shape index (κ3) is 4.47. The van der Waals surface area contributed by atoms with Crippen molar-refractivity contribution >= 4 is 11.6 Å². The molecule has 0 aliphatic heterocycles. The van der Waals surface area contributed by atoms with Crippen LogP contribution < -0.4 is 5.32 Å². The van der Waals surface area contributed by atoms with Gasteiger partial charge in [0.25, 0.3) is 0 Å². The first-order valence-electron chi connectivity index (χ1n) is 6.59. The predicted molar refractivity (Wildman–Crippen MR) is 81.3 cm³/mol. The van der Waals surface area contributed by atoms with E-state index in [1.54, 1.807) is 0 Å². The van der Waals surface area contributed by atoms with Crippen molar-refractivity contribution in [2.24, 2.45) is 5.92 Å². The molecule has 1 aromatic carbocycles. The number of benzene rings is 1. The highest BCUT2D eigenvalue weighted by atomic mass is 35.5. The molecule has 1 atom stereocenters. The highest BCUT2D eigenvalue weighted by Crippen LogP contribution is 2.28. The van der Waals surface area contributed by atoms with E-state index in [0.717, 1.165) is 11.6 Å². The number of hydrogen-bond donors (Lipinski definition) is 1. The minimum Gasteiger partial charge on any atom is -0.314 e. The molecule has 1 N–H and O–H groups in total. The van der Waals surface area contributed by atoms with E-state index < -0.39 is 0 Å². The van der Waals surface area contributed by atoms with Gasteiger partial charge in [0.05, 0.1) is 0 Å². The molecule has 0 amide bonds. The van der Waals surface area contributed by atoms with E-state index in [9.17, 15) is 0 Å². The van der Waals surface area contributed by atoms with Gasteiger partial charge >= 0.3 is 0 Å². The first-order chi connectivity index (χ1) is 8.41. The van der Waals surface area contributed by atoms with Crippen LogP contribution in [-0.4, -0.2) is 12.6 Å². The summed E-state index contributed by atoms with van der Waals surface area (Å²) in [6.07, 6.45) is 0. The van der Waals surface area contributed by atoms with Crippen molar-refractivity contribution in [1.82, 2.24) is 5.32 Å². The van der Waals surface area contributed by atoms with Crippen molar-refractivity contribution in [3.8, 4) is 0 Å². The highest BCUT2D eigenvalue weighted by molar-refractivity contribution is 6.30. The van der Waals surface area contributed by atoms with Gasteiger partial charge in [-0.25, -0.2) is 0 Å². The van der Waals surface area contributed by atoms with E-state index in [1.165, 1.54) is 11.1 Å². The van der Waals surface area contributed by atoms with Crippen molar-refractivity contribution < 1.29 is 0 Å². The summed E-state index contributed by atoms with van der Waals surface area (Å²) in [7, 11) is 0. The van der Waals surface area contributed by atoms with Crippen LogP contribution in [0.4, 0.5) is 0 Å². The van der Waals surface area contributed by atoms with Gasteiger partial charge in [0.2, 0.25) is 0 Å². The maximum Gasteiger partial charge on any atom is 0.0406 e. The number of hydrogen-bond acceptors (Lipinski definition) is 1. The van der Waals surface area contributed by atoms with Gasteiger partial charge in [-0.15, -0.1) is 0 Å². The lowest BCUT2D eigenvalue weighted by atomic mass is 9.85. The van der Waals surface area contributed by atoms with Crippen LogP contribution in [0.2, 0.25) is 5.02 Å². The molecule has 1 rings (SSSR count). The van der Waals surface area contributed by atoms with Crippen molar-refractivity contribution in [2.45, 2.75) is 39.7 Å². The van der Waals surface area contributed by atoms with Crippen molar-refractivity contribution in [1.29, 1.82) is 0 Å². The molecule has 0 spiro atoms. The highest BCUT2D eigenvalue weighted by Gasteiger charge is 2.17. The van der Waals surface area contributed by atoms with Gasteiger partial charge in [-0.3, -0.25) is 0 Å². The predicted octanol–water partition coefficient (Wildman–Crippen LogP) is 4.63. The fourth-order valence-corrected chi connectivity index (χ4v) is 2.04. The summed E-state index contributed by atoms with van der Waals surface area (Å²) in [5.74, 6) is 0.837. The van der Waals surface area contributed by atoms with Crippen molar-refractivity contribution in [3.05, 3.63) is 47.0 Å². The third-order valence-corrected chi connectivity index (χ3v) is 3.44. The monoisotopic (exact) mass is 265 g/mol. The van der Waals surface area contributed by atoms with Gasteiger partial charge in [0, 0.05) is 23.5 Å². The zero-order valence-corrected chi connectivity index (χ0v) is 12.6. The molecule has 100 valence electrons. The SMILES string of the molecule is C=C(C(C)C)[C@H](CNC(C)C)c1ccc(Cl)cc1. The van der Waals surface area contributed by atoms with E-state index >= 15 is 0 Å². The van der Waals surface area contributed by atoms with E-state index in [0.29, 0.717) is 17.9 Å². The minimum absolute atomic E-state index is 0.352. The summed E-state index contributed by atoms with van der Waals surface area (Å²) in [6, 6.07) is 8.59. The summed E-state index contributed by atoms with van der Waals surface area (Å²) in [6.45, 7) is 13.9. The normalized spacial score (nSPS) is 13.1. The Morgan fingerprint density at radius 3 is 2.17 bits per heavy atom. The fourth-order valence-electron chi connectivity index (χ4n) is 1.91. The first-order valence-corrected chi connectivity index (χ1v) is 6.97. The Morgan fingerprint density at radius 1 is 1.17 bits per heavy atom. The Labute approximate surface area is 116 Å². The van der Waals surface area contributed by atoms with Gasteiger partial charge in [0.15, 0.2) is 0 Å². The second kappa shape index (κ2) is 6.96. The lowest BCUT2D eigenvalue weighted by molar-refractivity contribution is 0.535. The van der Waals surface area contributed by atoms with Crippen LogP contribution >= 0.6 is 11.6 Å². The summed E-state index contributed by atoms with van der Waals surface area (Å²) in [5, 5.41) is 4.28. The first kappa shape index (κ1) is 15.3. The van der Waals surface area contributed by atoms with Crippen LogP contribution in [0.15, 0.2) is 36.4 Å². The molecule has 0 aliphatic rings. The molecule has 0 saturated heterocycles. The zero-order valence-electron chi connectivity index (χ0n) is 11.8. The third-order valence-electron chi connectivity index (χ3n) is 3.19. The molecule has 0 heterocycles. The van der Waals surface area contributed by atoms with Crippen LogP contribution in [0.25, 0.3) is 0 Å². The van der Waals surface area contributed by atoms with Crippen molar-refractivity contribution in [2.75, 3.05) is 6.54 Å². The molecule has 2 heteroatoms. The summed E-state index contributed by atoms with van der Waals surface area (Å²) < 4.78 is 0. The summed E-state index contributed by atoms with van der Waals surface area (Å²) in [5.41, 5.74) is 2.55. The van der Waals surface area contributed by atoms with Crippen LogP contribution in [-0.2, 0) is 0 Å². The lowest BCUT2D eigenvalue weighted by Gasteiger charge is -2.24. The molecule has 0 fully saturated rings. The molecule has 1 nitrogen and oxygen atoms in total. The van der Waals surface area contributed by atoms with Gasteiger partial charge in [-0.1, -0.05) is 63.6 Å². The molecule has 0 aromatic heterocycles. The van der Waals surface area contributed by atoms with Crippen LogP contribution in [0.3, 0.4) is 0 Å². The molecule has 18 heavy (non-hydrogen) atoms. The lowest BCUT2D eigenvalue weighted by Crippen LogP contribution is -2.29. The maximum absolute atomic E-state index is 5.95. The Hall–Kier alpha value is -0.790. The van der Waals surface area contributed by atoms with Gasteiger partial charge < -0.3 is 5.32 Å². The molecule has 1 aromatic rings. The Kier molecular flexibility index (Phi) is 5.90. The second-order valence-corrected chi connectivity index (χ2v) is 5.83. The number of halogens is 1. The van der Waals surface area contributed by atoms with E-state index in [4.69, 9.17) is 11.6 Å². The summed E-state index contributed by atoms with van der Waals surface area (Å²) >= 11 is 5.95. The van der Waals surface area contributed by atoms with Crippen LogP contribution in [0.1, 0.15) is 39.2 Å². The Morgan fingerprint density at radius 2 is 1.72 bits per heavy atom. The average molecular weight is 266 g/mol. The standard InChI is InChI=1S/C16H24ClN/c1-11(2)13(5)16(10-18-12(3)4)14-6-8-15(17)9-7-14/h6-9,11-12,16,18H,5,10H2,1-4H3/t16-/m0/s1. The zero-order chi connectivity index (χ0) is 13.7. The quantitative estimate of drug-likeness (QED) is 0.740. The maximum atomic E-state index is 5.95. The Balaban J connectivity index is 2.89. The van der Waals surface area contributed by atoms with Gasteiger partial charge in [0.1, 0.15) is 0 Å². The molecule has 0 unspecified atom stereocenters. The largest absolute Gasteiger partial charge is 0.314 e. The number of rotatable bonds is 6. The van der Waals surface area contributed by atoms with E-state index in [-0.39, 0.29) is 0 Å². The van der Waals surface area contributed by atoms with E-state index in [2.05, 4.69) is 51.7 Å². The molecule has 0 saturated carbocycles. The summed E-state index contributed by atoms with van der Waals surface area (Å²) in [4.78, 5) is 0.